The van der Waals surface area contributed by atoms with Crippen LogP contribution >= 0.6 is 0 Å². The minimum absolute atomic E-state index is 0.324. The lowest BCUT2D eigenvalue weighted by molar-refractivity contribution is 0.413. The van der Waals surface area contributed by atoms with Gasteiger partial charge in [-0.1, -0.05) is 49.7 Å². The van der Waals surface area contributed by atoms with Crippen molar-refractivity contribution in [2.75, 3.05) is 12.3 Å². The van der Waals surface area contributed by atoms with E-state index in [-0.39, 0.29) is 0 Å². The second kappa shape index (κ2) is 9.88. The minimum Gasteiger partial charge on any atom is -0.357 e. The van der Waals surface area contributed by atoms with E-state index in [1.54, 1.807) is 0 Å². The van der Waals surface area contributed by atoms with Crippen LogP contribution in [-0.2, 0) is 17.3 Å². The molecular weight excluding hydrogens is 354 g/mol. The van der Waals surface area contributed by atoms with Crippen molar-refractivity contribution in [1.29, 1.82) is 0 Å². The van der Waals surface area contributed by atoms with E-state index in [0.717, 1.165) is 43.9 Å². The molecule has 3 atom stereocenters. The molecule has 2 aromatic carbocycles. The zero-order chi connectivity index (χ0) is 19.1. The summed E-state index contributed by atoms with van der Waals surface area (Å²) >= 11 is 0. The first-order chi connectivity index (χ1) is 13.2. The summed E-state index contributed by atoms with van der Waals surface area (Å²) in [5.41, 5.74) is 1.21. The van der Waals surface area contributed by atoms with Crippen LogP contribution in [0.25, 0.3) is 10.8 Å². The molecule has 0 bridgehead atoms. The molecule has 0 amide bonds. The number of guanidine groups is 1. The zero-order valence-electron chi connectivity index (χ0n) is 16.4. The van der Waals surface area contributed by atoms with Crippen LogP contribution in [0.2, 0.25) is 0 Å². The van der Waals surface area contributed by atoms with Gasteiger partial charge in [-0.2, -0.15) is 0 Å². The van der Waals surface area contributed by atoms with Crippen LogP contribution in [0, 0.1) is 0 Å². The number of rotatable bonds is 6. The summed E-state index contributed by atoms with van der Waals surface area (Å²) in [7, 11) is -0.700. The Balaban J connectivity index is 1.65. The Morgan fingerprint density at radius 1 is 1.15 bits per heavy atom. The average Bonchev–Trinajstić information content (AvgIpc) is 2.71. The third kappa shape index (κ3) is 5.55. The molecule has 1 fully saturated rings. The van der Waals surface area contributed by atoms with Gasteiger partial charge in [0.25, 0.3) is 0 Å². The number of hydrogen-bond donors (Lipinski definition) is 2. The van der Waals surface area contributed by atoms with E-state index in [1.807, 2.05) is 6.92 Å². The van der Waals surface area contributed by atoms with Crippen molar-refractivity contribution < 1.29 is 4.21 Å². The van der Waals surface area contributed by atoms with Crippen LogP contribution < -0.4 is 10.6 Å². The maximum Gasteiger partial charge on any atom is 0.191 e. The minimum atomic E-state index is -0.700. The number of benzene rings is 2. The molecule has 3 unspecified atom stereocenters. The van der Waals surface area contributed by atoms with Crippen LogP contribution in [0.3, 0.4) is 0 Å². The van der Waals surface area contributed by atoms with Gasteiger partial charge in [0.05, 0.1) is 6.54 Å². The molecule has 3 rings (SSSR count). The Morgan fingerprint density at radius 3 is 2.74 bits per heavy atom. The summed E-state index contributed by atoms with van der Waals surface area (Å²) < 4.78 is 12.2. The highest BCUT2D eigenvalue weighted by Gasteiger charge is 2.25. The monoisotopic (exact) mass is 385 g/mol. The number of hydrogen-bond acceptors (Lipinski definition) is 2. The van der Waals surface area contributed by atoms with E-state index >= 15 is 0 Å². The van der Waals surface area contributed by atoms with E-state index < -0.39 is 10.8 Å². The second-order valence-electron chi connectivity index (χ2n) is 7.18. The topological polar surface area (TPSA) is 53.5 Å². The first-order valence-corrected chi connectivity index (χ1v) is 11.5. The summed E-state index contributed by atoms with van der Waals surface area (Å²) in [5, 5.41) is 9.77. The van der Waals surface area contributed by atoms with Gasteiger partial charge in [0, 0.05) is 34.4 Å². The lowest BCUT2D eigenvalue weighted by Gasteiger charge is -2.30. The molecule has 2 N–H and O–H groups in total. The van der Waals surface area contributed by atoms with Gasteiger partial charge in [-0.3, -0.25) is 4.21 Å². The van der Waals surface area contributed by atoms with E-state index in [4.69, 9.17) is 4.99 Å². The van der Waals surface area contributed by atoms with Gasteiger partial charge in [-0.15, -0.1) is 0 Å². The molecule has 0 radical (unpaired) electrons. The molecule has 1 saturated carbocycles. The SMILES string of the molecule is CCNC(=NCc1ccc2ccccc2c1)NC1CCCC(S(=O)CC)C1. The fourth-order valence-electron chi connectivity index (χ4n) is 3.77. The summed E-state index contributed by atoms with van der Waals surface area (Å²) in [6, 6.07) is 15.3. The molecule has 146 valence electrons. The van der Waals surface area contributed by atoms with Crippen LogP contribution in [0.4, 0.5) is 0 Å². The van der Waals surface area contributed by atoms with Gasteiger partial charge in [-0.05, 0) is 48.6 Å². The predicted molar refractivity (Wildman–Crippen MR) is 117 cm³/mol. The van der Waals surface area contributed by atoms with Gasteiger partial charge in [0.15, 0.2) is 5.96 Å². The molecule has 4 nitrogen and oxygen atoms in total. The largest absolute Gasteiger partial charge is 0.357 e. The Morgan fingerprint density at radius 2 is 1.96 bits per heavy atom. The Kier molecular flexibility index (Phi) is 7.27. The molecule has 2 aromatic rings. The van der Waals surface area contributed by atoms with Crippen LogP contribution in [0.5, 0.6) is 0 Å². The van der Waals surface area contributed by atoms with Crippen molar-refractivity contribution in [1.82, 2.24) is 10.6 Å². The van der Waals surface area contributed by atoms with Gasteiger partial charge >= 0.3 is 0 Å². The fraction of sp³-hybridized carbons (Fsp3) is 0.500. The van der Waals surface area contributed by atoms with Crippen molar-refractivity contribution in [2.45, 2.75) is 57.4 Å². The molecule has 1 aliphatic carbocycles. The summed E-state index contributed by atoms with van der Waals surface area (Å²) in [4.78, 5) is 4.79. The van der Waals surface area contributed by atoms with Crippen LogP contribution in [0.1, 0.15) is 45.1 Å². The van der Waals surface area contributed by atoms with Crippen molar-refractivity contribution in [3.8, 4) is 0 Å². The van der Waals surface area contributed by atoms with E-state index in [9.17, 15) is 4.21 Å². The van der Waals surface area contributed by atoms with Crippen LogP contribution in [0.15, 0.2) is 47.5 Å². The zero-order valence-corrected chi connectivity index (χ0v) is 17.2. The van der Waals surface area contributed by atoms with E-state index in [2.05, 4.69) is 60.0 Å². The van der Waals surface area contributed by atoms with E-state index in [1.165, 1.54) is 16.3 Å². The molecular formula is C22H31N3OS. The van der Waals surface area contributed by atoms with Gasteiger partial charge in [-0.25, -0.2) is 4.99 Å². The van der Waals surface area contributed by atoms with Gasteiger partial charge in [0.1, 0.15) is 0 Å². The standard InChI is InChI=1S/C22H31N3OS/c1-3-23-22(25-20-10-7-11-21(15-20)27(26)4-2)24-16-17-12-13-18-8-5-6-9-19(18)14-17/h5-6,8-9,12-14,20-21H,3-4,7,10-11,15-16H2,1-2H3,(H2,23,24,25). The third-order valence-electron chi connectivity index (χ3n) is 5.20. The Hall–Kier alpha value is -1.88. The molecule has 0 aromatic heterocycles. The molecule has 27 heavy (non-hydrogen) atoms. The number of nitrogens with zero attached hydrogens (tertiary/aromatic N) is 1. The first-order valence-electron chi connectivity index (χ1n) is 10.1. The lowest BCUT2D eigenvalue weighted by Crippen LogP contribution is -2.46. The third-order valence-corrected chi connectivity index (χ3v) is 6.94. The molecule has 0 aliphatic heterocycles. The molecule has 5 heteroatoms. The van der Waals surface area contributed by atoms with Crippen LogP contribution in [-0.4, -0.2) is 33.8 Å². The average molecular weight is 386 g/mol. The van der Waals surface area contributed by atoms with E-state index in [0.29, 0.717) is 17.8 Å². The molecule has 0 heterocycles. The van der Waals surface area contributed by atoms with Gasteiger partial charge in [0.2, 0.25) is 0 Å². The van der Waals surface area contributed by atoms with Crippen molar-refractivity contribution in [3.63, 3.8) is 0 Å². The predicted octanol–water partition coefficient (Wildman–Crippen LogP) is 3.97. The van der Waals surface area contributed by atoms with Crippen molar-refractivity contribution in [2.24, 2.45) is 4.99 Å². The molecule has 0 spiro atoms. The van der Waals surface area contributed by atoms with Crippen molar-refractivity contribution in [3.05, 3.63) is 48.0 Å². The number of aliphatic imine (C=N–C) groups is 1. The maximum atomic E-state index is 12.2. The highest BCUT2D eigenvalue weighted by atomic mass is 32.2. The van der Waals surface area contributed by atoms with Gasteiger partial charge < -0.3 is 10.6 Å². The highest BCUT2D eigenvalue weighted by molar-refractivity contribution is 7.85. The van der Waals surface area contributed by atoms with Crippen molar-refractivity contribution >= 4 is 27.5 Å². The first kappa shape index (κ1) is 19.9. The summed E-state index contributed by atoms with van der Waals surface area (Å²) in [6.45, 7) is 5.59. The Labute approximate surface area is 165 Å². The quantitative estimate of drug-likeness (QED) is 0.584. The Bertz CT molecular complexity index is 805. The number of fused-ring (bicyclic) bond motifs is 1. The normalized spacial score (nSPS) is 21.8. The second-order valence-corrected chi connectivity index (χ2v) is 9.18. The highest BCUT2D eigenvalue weighted by Crippen LogP contribution is 2.23. The summed E-state index contributed by atoms with van der Waals surface area (Å²) in [6.07, 6.45) is 4.32. The lowest BCUT2D eigenvalue weighted by atomic mass is 9.95. The smallest absolute Gasteiger partial charge is 0.191 e. The fourth-order valence-corrected chi connectivity index (χ4v) is 5.12. The molecule has 1 aliphatic rings. The summed E-state index contributed by atoms with van der Waals surface area (Å²) in [5.74, 6) is 1.62. The maximum absolute atomic E-state index is 12.2. The number of nitrogens with one attached hydrogen (secondary N) is 2. The molecule has 0 saturated heterocycles.